The van der Waals surface area contributed by atoms with Gasteiger partial charge >= 0.3 is 0 Å². The molecule has 90 valence electrons. The highest BCUT2D eigenvalue weighted by atomic mass is 16.5. The fraction of sp³-hybridized carbons (Fsp3) is 0.909. The van der Waals surface area contributed by atoms with Crippen molar-refractivity contribution >= 4 is 5.91 Å². The molecule has 0 spiro atoms. The van der Waals surface area contributed by atoms with Crippen LogP contribution in [0.5, 0.6) is 0 Å². The van der Waals surface area contributed by atoms with Gasteiger partial charge in [0.2, 0.25) is 0 Å². The molecule has 15 heavy (non-hydrogen) atoms. The maximum atomic E-state index is 11.5. The number of hydrogen-bond donors (Lipinski definition) is 2. The first-order valence-corrected chi connectivity index (χ1v) is 5.38. The minimum atomic E-state index is -0.761. The molecule has 0 rings (SSSR count). The van der Waals surface area contributed by atoms with Crippen molar-refractivity contribution in [2.24, 2.45) is 5.92 Å². The molecule has 4 nitrogen and oxygen atoms in total. The van der Waals surface area contributed by atoms with Gasteiger partial charge in [-0.2, -0.15) is 0 Å². The van der Waals surface area contributed by atoms with E-state index in [4.69, 9.17) is 9.84 Å². The van der Waals surface area contributed by atoms with Crippen molar-refractivity contribution < 1.29 is 14.6 Å². The summed E-state index contributed by atoms with van der Waals surface area (Å²) in [4.78, 5) is 11.5. The van der Waals surface area contributed by atoms with Crippen LogP contribution in [0.25, 0.3) is 0 Å². The third-order valence-electron chi connectivity index (χ3n) is 2.53. The first kappa shape index (κ1) is 14.4. The number of aliphatic hydroxyl groups excluding tert-OH is 1. The molecule has 0 fully saturated rings. The number of carbonyl (C=O) groups is 1. The Labute approximate surface area is 92.0 Å². The molecule has 0 aliphatic rings. The van der Waals surface area contributed by atoms with E-state index in [0.29, 0.717) is 12.5 Å². The normalized spacial score (nSPS) is 13.7. The van der Waals surface area contributed by atoms with Gasteiger partial charge < -0.3 is 15.2 Å². The minimum absolute atomic E-state index is 0.0957. The maximum absolute atomic E-state index is 11.5. The van der Waals surface area contributed by atoms with E-state index in [0.717, 1.165) is 12.8 Å². The molecule has 0 aliphatic heterocycles. The summed E-state index contributed by atoms with van der Waals surface area (Å²) in [5.74, 6) is 0.207. The first-order chi connectivity index (χ1) is 6.94. The van der Waals surface area contributed by atoms with Crippen molar-refractivity contribution in [3.8, 4) is 0 Å². The molecule has 0 saturated heterocycles. The molecule has 1 amide bonds. The van der Waals surface area contributed by atoms with E-state index in [-0.39, 0.29) is 12.5 Å². The molecule has 0 radical (unpaired) electrons. The molecule has 1 unspecified atom stereocenters. The van der Waals surface area contributed by atoms with Gasteiger partial charge in [-0.3, -0.25) is 4.79 Å². The number of carbonyl (C=O) groups excluding carboxylic acids is 1. The molecule has 0 aromatic rings. The molecule has 0 aromatic carbocycles. The zero-order valence-electron chi connectivity index (χ0n) is 10.2. The molecular weight excluding hydrogens is 194 g/mol. The molecule has 0 aliphatic carbocycles. The number of amides is 1. The summed E-state index contributed by atoms with van der Waals surface area (Å²) in [6.07, 6.45) is 1.80. The summed E-state index contributed by atoms with van der Waals surface area (Å²) in [5, 5.41) is 11.6. The van der Waals surface area contributed by atoms with Crippen LogP contribution in [-0.2, 0) is 9.53 Å². The Hall–Kier alpha value is -0.610. The van der Waals surface area contributed by atoms with Gasteiger partial charge in [-0.1, -0.05) is 6.92 Å². The molecule has 0 aromatic heterocycles. The van der Waals surface area contributed by atoms with Gasteiger partial charge in [-0.25, -0.2) is 0 Å². The lowest BCUT2D eigenvalue weighted by atomic mass is 10.1. The summed E-state index contributed by atoms with van der Waals surface area (Å²) in [5.41, 5.74) is -0.761. The van der Waals surface area contributed by atoms with E-state index in [2.05, 4.69) is 5.32 Å². The Bertz CT molecular complexity index is 192. The quantitative estimate of drug-likeness (QED) is 0.624. The standard InChI is InChI=1S/C11H23NO3/c1-9(8-13)6-5-7-12-10(14)11(2,3)15-4/h9,13H,5-8H2,1-4H3,(H,12,14). The molecule has 2 N–H and O–H groups in total. The van der Waals surface area contributed by atoms with E-state index in [1.807, 2.05) is 6.92 Å². The van der Waals surface area contributed by atoms with Crippen LogP contribution in [0.4, 0.5) is 0 Å². The average Bonchev–Trinajstić information content (AvgIpc) is 2.23. The topological polar surface area (TPSA) is 58.6 Å². The van der Waals surface area contributed by atoms with Gasteiger partial charge in [0.05, 0.1) is 0 Å². The number of ether oxygens (including phenoxy) is 1. The van der Waals surface area contributed by atoms with Crippen molar-refractivity contribution in [2.45, 2.75) is 39.2 Å². The largest absolute Gasteiger partial charge is 0.396 e. The predicted octanol–water partition coefficient (Wildman–Crippen LogP) is 0.936. The highest BCUT2D eigenvalue weighted by molar-refractivity contribution is 5.84. The summed E-state index contributed by atoms with van der Waals surface area (Å²) in [7, 11) is 1.52. The maximum Gasteiger partial charge on any atom is 0.251 e. The second kappa shape index (κ2) is 6.80. The van der Waals surface area contributed by atoms with Crippen LogP contribution in [0.3, 0.4) is 0 Å². The zero-order chi connectivity index (χ0) is 11.9. The lowest BCUT2D eigenvalue weighted by Gasteiger charge is -2.21. The lowest BCUT2D eigenvalue weighted by molar-refractivity contribution is -0.139. The molecular formula is C11H23NO3. The second-order valence-electron chi connectivity index (χ2n) is 4.40. The molecule has 0 saturated carbocycles. The van der Waals surface area contributed by atoms with Crippen LogP contribution >= 0.6 is 0 Å². The van der Waals surface area contributed by atoms with Crippen molar-refractivity contribution in [1.82, 2.24) is 5.32 Å². The summed E-state index contributed by atoms with van der Waals surface area (Å²) < 4.78 is 5.05. The SMILES string of the molecule is COC(C)(C)C(=O)NCCCC(C)CO. The number of methoxy groups -OCH3 is 1. The van der Waals surface area contributed by atoms with Gasteiger partial charge in [0.1, 0.15) is 5.60 Å². The van der Waals surface area contributed by atoms with Crippen LogP contribution in [0.1, 0.15) is 33.6 Å². The molecule has 4 heteroatoms. The van der Waals surface area contributed by atoms with Crippen molar-refractivity contribution in [1.29, 1.82) is 0 Å². The Kier molecular flexibility index (Phi) is 6.52. The predicted molar refractivity (Wildman–Crippen MR) is 59.6 cm³/mol. The van der Waals surface area contributed by atoms with E-state index in [9.17, 15) is 4.79 Å². The number of hydrogen-bond acceptors (Lipinski definition) is 3. The number of nitrogens with one attached hydrogen (secondary N) is 1. The van der Waals surface area contributed by atoms with Gasteiger partial charge in [-0.15, -0.1) is 0 Å². The molecule has 0 bridgehead atoms. The van der Waals surface area contributed by atoms with Gasteiger partial charge in [0, 0.05) is 20.3 Å². The fourth-order valence-corrected chi connectivity index (χ4v) is 1.05. The third kappa shape index (κ3) is 5.74. The van der Waals surface area contributed by atoms with Crippen LogP contribution in [0.15, 0.2) is 0 Å². The third-order valence-corrected chi connectivity index (χ3v) is 2.53. The number of rotatable bonds is 7. The highest BCUT2D eigenvalue weighted by Gasteiger charge is 2.26. The monoisotopic (exact) mass is 217 g/mol. The van der Waals surface area contributed by atoms with E-state index in [1.54, 1.807) is 13.8 Å². The smallest absolute Gasteiger partial charge is 0.251 e. The Morgan fingerprint density at radius 3 is 2.60 bits per heavy atom. The zero-order valence-corrected chi connectivity index (χ0v) is 10.2. The van der Waals surface area contributed by atoms with Crippen LogP contribution in [0.2, 0.25) is 0 Å². The van der Waals surface area contributed by atoms with Crippen LogP contribution in [0, 0.1) is 5.92 Å². The second-order valence-corrected chi connectivity index (χ2v) is 4.40. The summed E-state index contributed by atoms with van der Waals surface area (Å²) >= 11 is 0. The van der Waals surface area contributed by atoms with Crippen molar-refractivity contribution in [3.05, 3.63) is 0 Å². The summed E-state index contributed by atoms with van der Waals surface area (Å²) in [6.45, 7) is 6.30. The minimum Gasteiger partial charge on any atom is -0.396 e. The fourth-order valence-electron chi connectivity index (χ4n) is 1.05. The lowest BCUT2D eigenvalue weighted by Crippen LogP contribution is -2.43. The number of aliphatic hydroxyl groups is 1. The van der Waals surface area contributed by atoms with E-state index < -0.39 is 5.60 Å². The van der Waals surface area contributed by atoms with Gasteiger partial charge in [-0.05, 0) is 32.6 Å². The van der Waals surface area contributed by atoms with Gasteiger partial charge in [0.15, 0.2) is 0 Å². The van der Waals surface area contributed by atoms with Crippen LogP contribution < -0.4 is 5.32 Å². The Balaban J connectivity index is 3.64. The first-order valence-electron chi connectivity index (χ1n) is 5.38. The van der Waals surface area contributed by atoms with E-state index in [1.165, 1.54) is 7.11 Å². The highest BCUT2D eigenvalue weighted by Crippen LogP contribution is 2.07. The van der Waals surface area contributed by atoms with Gasteiger partial charge in [0.25, 0.3) is 5.91 Å². The van der Waals surface area contributed by atoms with Crippen LogP contribution in [-0.4, -0.2) is 36.9 Å². The average molecular weight is 217 g/mol. The summed E-state index contributed by atoms with van der Waals surface area (Å²) in [6, 6.07) is 0. The molecule has 1 atom stereocenters. The Morgan fingerprint density at radius 2 is 2.13 bits per heavy atom. The Morgan fingerprint density at radius 1 is 1.53 bits per heavy atom. The molecule has 0 heterocycles. The van der Waals surface area contributed by atoms with E-state index >= 15 is 0 Å². The van der Waals surface area contributed by atoms with Crippen molar-refractivity contribution in [3.63, 3.8) is 0 Å². The van der Waals surface area contributed by atoms with Crippen molar-refractivity contribution in [2.75, 3.05) is 20.3 Å².